The first-order chi connectivity index (χ1) is 7.77. The van der Waals surface area contributed by atoms with Gasteiger partial charge < -0.3 is 15.4 Å². The van der Waals surface area contributed by atoms with Crippen LogP contribution >= 0.6 is 0 Å². The van der Waals surface area contributed by atoms with Crippen molar-refractivity contribution in [2.24, 2.45) is 0 Å². The summed E-state index contributed by atoms with van der Waals surface area (Å²) in [5.74, 6) is 0.0567. The molecule has 0 bridgehead atoms. The van der Waals surface area contributed by atoms with Crippen LogP contribution in [0.5, 0.6) is 0 Å². The summed E-state index contributed by atoms with van der Waals surface area (Å²) in [6, 6.07) is 0. The number of aldehydes is 1. The lowest BCUT2D eigenvalue weighted by Gasteiger charge is -2.03. The van der Waals surface area contributed by atoms with Crippen molar-refractivity contribution in [2.75, 3.05) is 19.6 Å². The molecular formula is C12H24N2O2. The zero-order valence-corrected chi connectivity index (χ0v) is 10.3. The number of carbonyl (C=O) groups excluding carboxylic acids is 2. The Labute approximate surface area is 98.2 Å². The van der Waals surface area contributed by atoms with Crippen LogP contribution in [0.3, 0.4) is 0 Å². The molecule has 0 spiro atoms. The molecule has 0 saturated carbocycles. The Hall–Kier alpha value is -0.900. The monoisotopic (exact) mass is 228 g/mol. The van der Waals surface area contributed by atoms with Gasteiger partial charge in [0.05, 0.1) is 6.54 Å². The van der Waals surface area contributed by atoms with Gasteiger partial charge in [-0.3, -0.25) is 4.79 Å². The van der Waals surface area contributed by atoms with E-state index in [0.717, 1.165) is 32.2 Å². The maximum absolute atomic E-state index is 10.6. The largest absolute Gasteiger partial charge is 0.356 e. The van der Waals surface area contributed by atoms with E-state index in [1.54, 1.807) is 6.92 Å². The highest BCUT2D eigenvalue weighted by molar-refractivity contribution is 5.72. The second-order valence-corrected chi connectivity index (χ2v) is 3.98. The average molecular weight is 228 g/mol. The van der Waals surface area contributed by atoms with E-state index in [9.17, 15) is 9.59 Å². The molecule has 0 fully saturated rings. The maximum atomic E-state index is 10.6. The Morgan fingerprint density at radius 3 is 2.12 bits per heavy atom. The van der Waals surface area contributed by atoms with Crippen LogP contribution in [0.25, 0.3) is 0 Å². The van der Waals surface area contributed by atoms with Gasteiger partial charge in [-0.2, -0.15) is 0 Å². The molecule has 0 aliphatic heterocycles. The molecule has 0 aliphatic carbocycles. The van der Waals surface area contributed by atoms with Crippen molar-refractivity contribution in [1.82, 2.24) is 10.6 Å². The molecule has 4 heteroatoms. The number of hydrogen-bond donors (Lipinski definition) is 2. The number of unbranched alkanes of at least 4 members (excludes halogenated alkanes) is 5. The normalized spacial score (nSPS) is 10.1. The summed E-state index contributed by atoms with van der Waals surface area (Å²) in [7, 11) is 0. The van der Waals surface area contributed by atoms with E-state index in [1.165, 1.54) is 25.7 Å². The van der Waals surface area contributed by atoms with Crippen LogP contribution in [0.2, 0.25) is 0 Å². The predicted octanol–water partition coefficient (Wildman–Crippen LogP) is 1.25. The van der Waals surface area contributed by atoms with Crippen molar-refractivity contribution in [2.45, 2.75) is 45.4 Å². The summed E-state index contributed by atoms with van der Waals surface area (Å²) >= 11 is 0. The van der Waals surface area contributed by atoms with Gasteiger partial charge in [0, 0.05) is 13.5 Å². The minimum Gasteiger partial charge on any atom is -0.356 e. The van der Waals surface area contributed by atoms with Gasteiger partial charge >= 0.3 is 0 Å². The summed E-state index contributed by atoms with van der Waals surface area (Å²) in [5.41, 5.74) is 0. The van der Waals surface area contributed by atoms with Crippen LogP contribution in [-0.4, -0.2) is 31.8 Å². The van der Waals surface area contributed by atoms with Gasteiger partial charge in [-0.15, -0.1) is 0 Å². The van der Waals surface area contributed by atoms with E-state index in [1.807, 2.05) is 0 Å². The van der Waals surface area contributed by atoms with Crippen LogP contribution < -0.4 is 10.6 Å². The quantitative estimate of drug-likeness (QED) is 0.413. The van der Waals surface area contributed by atoms with Crippen molar-refractivity contribution in [1.29, 1.82) is 0 Å². The first-order valence-corrected chi connectivity index (χ1v) is 6.16. The van der Waals surface area contributed by atoms with Gasteiger partial charge in [-0.1, -0.05) is 25.7 Å². The minimum atomic E-state index is 0.0567. The third kappa shape index (κ3) is 13.1. The van der Waals surface area contributed by atoms with Gasteiger partial charge in [0.2, 0.25) is 5.91 Å². The third-order valence-corrected chi connectivity index (χ3v) is 2.38. The fraction of sp³-hybridized carbons (Fsp3) is 0.833. The maximum Gasteiger partial charge on any atom is 0.216 e. The summed E-state index contributed by atoms with van der Waals surface area (Å²) in [6.07, 6.45) is 7.97. The van der Waals surface area contributed by atoms with Crippen molar-refractivity contribution in [3.63, 3.8) is 0 Å². The topological polar surface area (TPSA) is 58.2 Å². The molecule has 0 rings (SSSR count). The standard InChI is InChI=1S/C12H24N2O2/c1-12(16)14-9-7-5-3-2-4-6-8-13-10-11-15/h11,13H,2-10H2,1H3,(H,14,16). The highest BCUT2D eigenvalue weighted by Crippen LogP contribution is 2.04. The smallest absolute Gasteiger partial charge is 0.216 e. The average Bonchev–Trinajstić information content (AvgIpc) is 2.25. The number of amides is 1. The molecule has 94 valence electrons. The van der Waals surface area contributed by atoms with Crippen LogP contribution in [0, 0.1) is 0 Å². The highest BCUT2D eigenvalue weighted by Gasteiger charge is 1.93. The van der Waals surface area contributed by atoms with Gasteiger partial charge in [0.15, 0.2) is 0 Å². The summed E-state index contributed by atoms with van der Waals surface area (Å²) < 4.78 is 0. The Kier molecular flexibility index (Phi) is 11.5. The molecule has 2 N–H and O–H groups in total. The number of carbonyl (C=O) groups is 2. The predicted molar refractivity (Wildman–Crippen MR) is 65.3 cm³/mol. The van der Waals surface area contributed by atoms with Crippen LogP contribution in [0.4, 0.5) is 0 Å². The summed E-state index contributed by atoms with van der Waals surface area (Å²) in [6.45, 7) is 3.75. The van der Waals surface area contributed by atoms with E-state index in [2.05, 4.69) is 10.6 Å². The molecule has 0 aromatic rings. The van der Waals surface area contributed by atoms with E-state index in [0.29, 0.717) is 6.54 Å². The number of rotatable bonds is 11. The van der Waals surface area contributed by atoms with E-state index < -0.39 is 0 Å². The number of nitrogens with one attached hydrogen (secondary N) is 2. The zero-order valence-electron chi connectivity index (χ0n) is 10.3. The fourth-order valence-electron chi connectivity index (χ4n) is 1.51. The van der Waals surface area contributed by atoms with Crippen molar-refractivity contribution in [3.05, 3.63) is 0 Å². The fourth-order valence-corrected chi connectivity index (χ4v) is 1.51. The minimum absolute atomic E-state index is 0.0567. The molecule has 16 heavy (non-hydrogen) atoms. The molecule has 0 aromatic heterocycles. The molecule has 0 radical (unpaired) electrons. The van der Waals surface area contributed by atoms with Crippen LogP contribution in [0.1, 0.15) is 45.4 Å². The van der Waals surface area contributed by atoms with Gasteiger partial charge in [-0.05, 0) is 19.4 Å². The molecule has 0 unspecified atom stereocenters. The second kappa shape index (κ2) is 12.2. The molecular weight excluding hydrogens is 204 g/mol. The lowest BCUT2D eigenvalue weighted by molar-refractivity contribution is -0.119. The first-order valence-electron chi connectivity index (χ1n) is 6.16. The lowest BCUT2D eigenvalue weighted by Crippen LogP contribution is -2.20. The summed E-state index contributed by atoms with van der Waals surface area (Å²) in [4.78, 5) is 20.6. The van der Waals surface area contributed by atoms with Crippen molar-refractivity contribution >= 4 is 12.2 Å². The van der Waals surface area contributed by atoms with E-state index in [4.69, 9.17) is 0 Å². The van der Waals surface area contributed by atoms with E-state index >= 15 is 0 Å². The molecule has 0 heterocycles. The Morgan fingerprint density at radius 2 is 1.56 bits per heavy atom. The second-order valence-electron chi connectivity index (χ2n) is 3.98. The van der Waals surface area contributed by atoms with Crippen molar-refractivity contribution in [3.8, 4) is 0 Å². The highest BCUT2D eigenvalue weighted by atomic mass is 16.1. The Bertz CT molecular complexity index is 184. The van der Waals surface area contributed by atoms with Crippen LogP contribution in [-0.2, 0) is 9.59 Å². The Morgan fingerprint density at radius 1 is 1.00 bits per heavy atom. The van der Waals surface area contributed by atoms with Crippen LogP contribution in [0.15, 0.2) is 0 Å². The first kappa shape index (κ1) is 15.1. The van der Waals surface area contributed by atoms with Crippen molar-refractivity contribution < 1.29 is 9.59 Å². The molecule has 1 amide bonds. The lowest BCUT2D eigenvalue weighted by atomic mass is 10.1. The molecule has 0 atom stereocenters. The molecule has 0 aliphatic rings. The van der Waals surface area contributed by atoms with Gasteiger partial charge in [-0.25, -0.2) is 0 Å². The molecule has 0 aromatic carbocycles. The molecule has 4 nitrogen and oxygen atoms in total. The van der Waals surface area contributed by atoms with E-state index in [-0.39, 0.29) is 5.91 Å². The van der Waals surface area contributed by atoms with Gasteiger partial charge in [0.1, 0.15) is 6.29 Å². The SMILES string of the molecule is CC(=O)NCCCCCCCCNCC=O. The molecule has 0 saturated heterocycles. The summed E-state index contributed by atoms with van der Waals surface area (Å²) in [5, 5.41) is 5.83. The zero-order chi connectivity index (χ0) is 12.1. The third-order valence-electron chi connectivity index (χ3n) is 2.38. The Balaban J connectivity index is 2.93. The van der Waals surface area contributed by atoms with Gasteiger partial charge in [0.25, 0.3) is 0 Å². The number of hydrogen-bond acceptors (Lipinski definition) is 3.